The number of hydrogen-bond donors (Lipinski definition) is 3. The van der Waals surface area contributed by atoms with Crippen LogP contribution in [0.15, 0.2) is 17.6 Å². The maximum Gasteiger partial charge on any atom is 0.165 e. The molecule has 3 N–H and O–H groups in total. The van der Waals surface area contributed by atoms with E-state index in [9.17, 15) is 0 Å². The van der Waals surface area contributed by atoms with Crippen LogP contribution in [-0.2, 0) is 0 Å². The molecule has 80 valence electrons. The molecule has 0 saturated carbocycles. The molecule has 0 spiro atoms. The first-order valence-corrected chi connectivity index (χ1v) is 5.70. The lowest BCUT2D eigenvalue weighted by Crippen LogP contribution is -2.39. The Morgan fingerprint density at radius 3 is 2.93 bits per heavy atom. The zero-order valence-electron chi connectivity index (χ0n) is 8.53. The number of nitrogens with zero attached hydrogens (tertiary/aromatic N) is 1. The van der Waals surface area contributed by atoms with Crippen molar-refractivity contribution >= 4 is 11.8 Å². The molecule has 1 aromatic heterocycles. The predicted octanol–water partition coefficient (Wildman–Crippen LogP) is 0.861. The Morgan fingerprint density at radius 2 is 2.43 bits per heavy atom. The van der Waals surface area contributed by atoms with Gasteiger partial charge in [0.2, 0.25) is 0 Å². The minimum absolute atomic E-state index is 0.130. The van der Waals surface area contributed by atoms with Crippen LogP contribution in [0.2, 0.25) is 0 Å². The van der Waals surface area contributed by atoms with Gasteiger partial charge in [-0.3, -0.25) is 0 Å². The molecule has 0 aliphatic carbocycles. The van der Waals surface area contributed by atoms with Gasteiger partial charge in [0.05, 0.1) is 6.61 Å². The van der Waals surface area contributed by atoms with Gasteiger partial charge in [0.25, 0.3) is 0 Å². The molecule has 14 heavy (non-hydrogen) atoms. The topological polar surface area (TPSA) is 60.9 Å². The maximum absolute atomic E-state index is 9.10. The van der Waals surface area contributed by atoms with Gasteiger partial charge in [-0.15, -0.1) is 0 Å². The van der Waals surface area contributed by atoms with Crippen LogP contribution < -0.4 is 5.32 Å². The summed E-state index contributed by atoms with van der Waals surface area (Å²) < 4.78 is 0. The van der Waals surface area contributed by atoms with E-state index in [0.29, 0.717) is 6.04 Å². The van der Waals surface area contributed by atoms with Crippen molar-refractivity contribution in [2.75, 3.05) is 12.4 Å². The number of H-pyrrole nitrogens is 1. The van der Waals surface area contributed by atoms with Crippen LogP contribution in [0.1, 0.15) is 13.8 Å². The molecule has 0 amide bonds. The number of aliphatic hydroxyl groups excluding tert-OH is 1. The van der Waals surface area contributed by atoms with Gasteiger partial charge >= 0.3 is 0 Å². The SMILES string of the molecule is CC(C)NC(CO)CSc1ncc[nH]1. The summed E-state index contributed by atoms with van der Waals surface area (Å²) in [6.07, 6.45) is 3.53. The molecule has 0 aliphatic rings. The summed E-state index contributed by atoms with van der Waals surface area (Å²) in [6.45, 7) is 4.30. The Kier molecular flexibility index (Phi) is 5.00. The van der Waals surface area contributed by atoms with E-state index >= 15 is 0 Å². The van der Waals surface area contributed by atoms with Gasteiger partial charge in [0, 0.05) is 30.2 Å². The highest BCUT2D eigenvalue weighted by Gasteiger charge is 2.09. The largest absolute Gasteiger partial charge is 0.395 e. The minimum atomic E-state index is 0.130. The van der Waals surface area contributed by atoms with Crippen LogP contribution in [0.5, 0.6) is 0 Å². The molecule has 0 fully saturated rings. The molecule has 1 atom stereocenters. The van der Waals surface area contributed by atoms with Crippen LogP contribution in [0.3, 0.4) is 0 Å². The molecule has 0 aliphatic heterocycles. The summed E-state index contributed by atoms with van der Waals surface area (Å²) in [7, 11) is 0. The summed E-state index contributed by atoms with van der Waals surface area (Å²) in [5, 5.41) is 13.3. The van der Waals surface area contributed by atoms with Crippen LogP contribution in [0.25, 0.3) is 0 Å². The fourth-order valence-electron chi connectivity index (χ4n) is 1.13. The number of imidazole rings is 1. The molecule has 1 heterocycles. The van der Waals surface area contributed by atoms with Crippen molar-refractivity contribution < 1.29 is 5.11 Å². The molecule has 4 nitrogen and oxygen atoms in total. The Bertz CT molecular complexity index is 238. The number of nitrogens with one attached hydrogen (secondary N) is 2. The molecule has 1 rings (SSSR count). The molecule has 0 radical (unpaired) electrons. The van der Waals surface area contributed by atoms with E-state index in [0.717, 1.165) is 10.9 Å². The smallest absolute Gasteiger partial charge is 0.165 e. The van der Waals surface area contributed by atoms with Gasteiger partial charge in [-0.2, -0.15) is 0 Å². The van der Waals surface area contributed by atoms with Crippen LogP contribution in [0.4, 0.5) is 0 Å². The summed E-state index contributed by atoms with van der Waals surface area (Å²) in [6, 6.07) is 0.523. The standard InChI is InChI=1S/C9H17N3OS/c1-7(2)12-8(5-13)6-14-9-10-3-4-11-9/h3-4,7-8,12-13H,5-6H2,1-2H3,(H,10,11). The van der Waals surface area contributed by atoms with E-state index in [2.05, 4.69) is 29.1 Å². The number of hydrogen-bond acceptors (Lipinski definition) is 4. The van der Waals surface area contributed by atoms with Crippen LogP contribution in [0, 0.1) is 0 Å². The summed E-state index contributed by atoms with van der Waals surface area (Å²) in [4.78, 5) is 7.11. The Labute approximate surface area is 88.5 Å². The van der Waals surface area contributed by atoms with Gasteiger partial charge < -0.3 is 15.4 Å². The van der Waals surface area contributed by atoms with Crippen LogP contribution in [-0.4, -0.2) is 39.5 Å². The number of aromatic nitrogens is 2. The third-order valence-electron chi connectivity index (χ3n) is 1.68. The van der Waals surface area contributed by atoms with Crippen molar-refractivity contribution in [3.05, 3.63) is 12.4 Å². The van der Waals surface area contributed by atoms with Gasteiger partial charge in [-0.25, -0.2) is 4.98 Å². The van der Waals surface area contributed by atoms with E-state index in [1.807, 2.05) is 0 Å². The normalized spacial score (nSPS) is 13.4. The zero-order valence-corrected chi connectivity index (χ0v) is 9.34. The zero-order chi connectivity index (χ0) is 10.4. The molecule has 0 aromatic carbocycles. The van der Waals surface area contributed by atoms with E-state index in [1.54, 1.807) is 24.2 Å². The van der Waals surface area contributed by atoms with Crippen molar-refractivity contribution in [3.8, 4) is 0 Å². The lowest BCUT2D eigenvalue weighted by molar-refractivity contribution is 0.247. The second-order valence-electron chi connectivity index (χ2n) is 3.41. The first-order valence-electron chi connectivity index (χ1n) is 4.71. The number of aliphatic hydroxyl groups is 1. The Hall–Kier alpha value is -0.520. The lowest BCUT2D eigenvalue weighted by Gasteiger charge is -2.17. The van der Waals surface area contributed by atoms with Crippen molar-refractivity contribution in [2.45, 2.75) is 31.1 Å². The van der Waals surface area contributed by atoms with Crippen molar-refractivity contribution in [1.29, 1.82) is 0 Å². The van der Waals surface area contributed by atoms with Crippen LogP contribution >= 0.6 is 11.8 Å². The third kappa shape index (κ3) is 4.13. The molecule has 1 unspecified atom stereocenters. The summed E-state index contributed by atoms with van der Waals surface area (Å²) in [5.74, 6) is 0.822. The highest BCUT2D eigenvalue weighted by Crippen LogP contribution is 2.12. The van der Waals surface area contributed by atoms with Gasteiger partial charge in [-0.05, 0) is 0 Å². The second-order valence-corrected chi connectivity index (χ2v) is 4.41. The van der Waals surface area contributed by atoms with Crippen molar-refractivity contribution in [2.24, 2.45) is 0 Å². The molecule has 0 bridgehead atoms. The fourth-order valence-corrected chi connectivity index (χ4v) is 1.98. The highest BCUT2D eigenvalue weighted by atomic mass is 32.2. The van der Waals surface area contributed by atoms with Gasteiger partial charge in [-0.1, -0.05) is 25.6 Å². The maximum atomic E-state index is 9.10. The summed E-state index contributed by atoms with van der Waals surface area (Å²) in [5.41, 5.74) is 0. The van der Waals surface area contributed by atoms with E-state index < -0.39 is 0 Å². The van der Waals surface area contributed by atoms with E-state index in [1.165, 1.54) is 0 Å². The average Bonchev–Trinajstić information content (AvgIpc) is 2.64. The molecular formula is C9H17N3OS. The van der Waals surface area contributed by atoms with Crippen molar-refractivity contribution in [3.63, 3.8) is 0 Å². The predicted molar refractivity (Wildman–Crippen MR) is 58.5 cm³/mol. The lowest BCUT2D eigenvalue weighted by atomic mass is 10.3. The molecule has 1 aromatic rings. The average molecular weight is 215 g/mol. The third-order valence-corrected chi connectivity index (χ3v) is 2.75. The first-order chi connectivity index (χ1) is 6.72. The first kappa shape index (κ1) is 11.6. The molecule has 0 saturated heterocycles. The van der Waals surface area contributed by atoms with E-state index in [-0.39, 0.29) is 12.6 Å². The van der Waals surface area contributed by atoms with Gasteiger partial charge in [0.15, 0.2) is 5.16 Å². The Morgan fingerprint density at radius 1 is 1.64 bits per heavy atom. The number of thioether (sulfide) groups is 1. The number of aromatic amines is 1. The number of rotatable bonds is 6. The Balaban J connectivity index is 2.27. The second kappa shape index (κ2) is 6.06. The quantitative estimate of drug-likeness (QED) is 0.616. The van der Waals surface area contributed by atoms with Crippen molar-refractivity contribution in [1.82, 2.24) is 15.3 Å². The fraction of sp³-hybridized carbons (Fsp3) is 0.667. The minimum Gasteiger partial charge on any atom is -0.395 e. The molecular weight excluding hydrogens is 198 g/mol. The highest BCUT2D eigenvalue weighted by molar-refractivity contribution is 7.99. The monoisotopic (exact) mass is 215 g/mol. The summed E-state index contributed by atoms with van der Waals surface area (Å²) >= 11 is 1.61. The molecule has 5 heteroatoms. The van der Waals surface area contributed by atoms with E-state index in [4.69, 9.17) is 5.11 Å². The van der Waals surface area contributed by atoms with Gasteiger partial charge in [0.1, 0.15) is 0 Å².